The fourth-order valence-corrected chi connectivity index (χ4v) is 4.43. The Morgan fingerprint density at radius 1 is 1.17 bits per heavy atom. The Morgan fingerprint density at radius 2 is 1.97 bits per heavy atom. The number of hydrogen-bond donors (Lipinski definition) is 1. The second kappa shape index (κ2) is 8.45. The van der Waals surface area contributed by atoms with Gasteiger partial charge in [-0.3, -0.25) is 9.59 Å². The molecule has 0 spiro atoms. The number of nitrogens with zero attached hydrogens (tertiary/aromatic N) is 2. The summed E-state index contributed by atoms with van der Waals surface area (Å²) in [7, 11) is 0. The number of anilines is 2. The minimum absolute atomic E-state index is 0.0137. The van der Waals surface area contributed by atoms with E-state index in [1.807, 2.05) is 12.1 Å². The van der Waals surface area contributed by atoms with Crippen molar-refractivity contribution in [1.82, 2.24) is 0 Å². The van der Waals surface area contributed by atoms with E-state index in [1.165, 1.54) is 16.2 Å². The van der Waals surface area contributed by atoms with Crippen molar-refractivity contribution in [3.05, 3.63) is 74.9 Å². The summed E-state index contributed by atoms with van der Waals surface area (Å²) in [6.07, 6.45) is 0.0137. The molecule has 3 aromatic rings. The van der Waals surface area contributed by atoms with Gasteiger partial charge in [-0.2, -0.15) is 0 Å². The first-order valence-corrected chi connectivity index (χ1v) is 10.5. The average molecular weight is 490 g/mol. The fourth-order valence-electron chi connectivity index (χ4n) is 3.05. The van der Waals surface area contributed by atoms with E-state index in [9.17, 15) is 18.4 Å². The lowest BCUT2D eigenvalue weighted by Crippen LogP contribution is -2.38. The maximum Gasteiger partial charge on any atom is 0.244 e. The van der Waals surface area contributed by atoms with Crippen LogP contribution < -0.4 is 10.2 Å². The van der Waals surface area contributed by atoms with Crippen molar-refractivity contribution in [2.24, 2.45) is 4.99 Å². The first kappa shape index (κ1) is 20.4. The van der Waals surface area contributed by atoms with Gasteiger partial charge in [-0.1, -0.05) is 12.1 Å². The van der Waals surface area contributed by atoms with Gasteiger partial charge in [0.15, 0.2) is 0 Å². The maximum absolute atomic E-state index is 13.9. The minimum atomic E-state index is -0.889. The van der Waals surface area contributed by atoms with Crippen LogP contribution in [-0.2, 0) is 9.59 Å². The molecule has 152 valence electrons. The number of fused-ring (bicyclic) bond motifs is 1. The molecule has 4 rings (SSSR count). The van der Waals surface area contributed by atoms with Crippen molar-refractivity contribution in [3.63, 3.8) is 0 Å². The van der Waals surface area contributed by atoms with Crippen molar-refractivity contribution in [1.29, 1.82) is 0 Å². The zero-order chi connectivity index (χ0) is 21.3. The van der Waals surface area contributed by atoms with Crippen LogP contribution in [0.15, 0.2) is 63.4 Å². The molecule has 9 heteroatoms. The molecule has 0 aliphatic carbocycles. The van der Waals surface area contributed by atoms with E-state index in [2.05, 4.69) is 26.2 Å². The number of carbonyl (C=O) groups excluding carboxylic acids is 2. The largest absolute Gasteiger partial charge is 0.322 e. The van der Waals surface area contributed by atoms with E-state index >= 15 is 0 Å². The summed E-state index contributed by atoms with van der Waals surface area (Å²) < 4.78 is 27.9. The number of aliphatic imine (C=N–C) groups is 1. The van der Waals surface area contributed by atoms with Crippen LogP contribution in [0.25, 0.3) is 0 Å². The van der Waals surface area contributed by atoms with Crippen LogP contribution in [0, 0.1) is 11.6 Å². The standard InChI is InChI=1S/C21H14BrF2N3O2S/c22-19-8-7-18(30-19)16-10-21(29)27(17-4-2-1-3-15(17)25-16)11-20(28)26-14-6-5-12(23)9-13(14)24/h1-9H,10-11H2,(H,26,28). The summed E-state index contributed by atoms with van der Waals surface area (Å²) in [6.45, 7) is -0.330. The lowest BCUT2D eigenvalue weighted by molar-refractivity contribution is -0.120. The lowest BCUT2D eigenvalue weighted by atomic mass is 10.2. The predicted molar refractivity (Wildman–Crippen MR) is 117 cm³/mol. The maximum atomic E-state index is 13.9. The highest BCUT2D eigenvalue weighted by molar-refractivity contribution is 9.11. The van der Waals surface area contributed by atoms with Gasteiger partial charge in [0.25, 0.3) is 0 Å². The smallest absolute Gasteiger partial charge is 0.244 e. The summed E-state index contributed by atoms with van der Waals surface area (Å²) >= 11 is 4.88. The van der Waals surface area contributed by atoms with Crippen molar-refractivity contribution < 1.29 is 18.4 Å². The van der Waals surface area contributed by atoms with Gasteiger partial charge in [-0.05, 0) is 52.3 Å². The van der Waals surface area contributed by atoms with E-state index < -0.39 is 17.5 Å². The molecule has 1 aromatic heterocycles. The number of thiophene rings is 1. The van der Waals surface area contributed by atoms with Crippen molar-refractivity contribution in [2.45, 2.75) is 6.42 Å². The van der Waals surface area contributed by atoms with Crippen molar-refractivity contribution in [3.8, 4) is 0 Å². The Hall–Kier alpha value is -2.91. The number of amides is 2. The Kier molecular flexibility index (Phi) is 5.74. The zero-order valence-corrected chi connectivity index (χ0v) is 17.8. The van der Waals surface area contributed by atoms with E-state index in [-0.39, 0.29) is 24.6 Å². The van der Waals surface area contributed by atoms with Gasteiger partial charge in [0.05, 0.1) is 37.9 Å². The molecular weight excluding hydrogens is 476 g/mol. The summed E-state index contributed by atoms with van der Waals surface area (Å²) in [5, 5.41) is 2.39. The van der Waals surface area contributed by atoms with Gasteiger partial charge >= 0.3 is 0 Å². The molecule has 0 fully saturated rings. The molecule has 2 heterocycles. The van der Waals surface area contributed by atoms with Gasteiger partial charge < -0.3 is 10.2 Å². The summed E-state index contributed by atoms with van der Waals surface area (Å²) in [5.41, 5.74) is 1.50. The molecule has 1 N–H and O–H groups in total. The van der Waals surface area contributed by atoms with Gasteiger partial charge in [0, 0.05) is 6.07 Å². The third-order valence-corrected chi connectivity index (χ3v) is 6.08. The van der Waals surface area contributed by atoms with E-state index in [4.69, 9.17) is 0 Å². The van der Waals surface area contributed by atoms with Crippen LogP contribution in [0.3, 0.4) is 0 Å². The number of rotatable bonds is 4. The molecular formula is C21H14BrF2N3O2S. The topological polar surface area (TPSA) is 61.8 Å². The molecule has 0 bridgehead atoms. The van der Waals surface area contributed by atoms with E-state index in [1.54, 1.807) is 24.3 Å². The Labute approximate surface area is 183 Å². The molecule has 0 saturated carbocycles. The SMILES string of the molecule is O=C(CN1C(=O)CC(c2ccc(Br)s2)=Nc2ccccc21)Nc1ccc(F)cc1F. The molecule has 1 aliphatic rings. The average Bonchev–Trinajstić information content (AvgIpc) is 3.09. The molecule has 2 aromatic carbocycles. The van der Waals surface area contributed by atoms with E-state index in [0.717, 1.165) is 20.8 Å². The predicted octanol–water partition coefficient (Wildman–Crippen LogP) is 5.29. The van der Waals surface area contributed by atoms with Crippen LogP contribution in [0.4, 0.5) is 25.8 Å². The Balaban J connectivity index is 1.60. The molecule has 0 unspecified atom stereocenters. The first-order valence-electron chi connectivity index (χ1n) is 8.88. The Bertz CT molecular complexity index is 1180. The number of para-hydroxylation sites is 2. The number of halogens is 3. The van der Waals surface area contributed by atoms with Gasteiger partial charge in [-0.15, -0.1) is 11.3 Å². The highest BCUT2D eigenvalue weighted by Crippen LogP contribution is 2.34. The summed E-state index contributed by atoms with van der Waals surface area (Å²) in [6, 6.07) is 13.6. The highest BCUT2D eigenvalue weighted by Gasteiger charge is 2.27. The minimum Gasteiger partial charge on any atom is -0.322 e. The number of carbonyl (C=O) groups is 2. The third-order valence-electron chi connectivity index (χ3n) is 4.41. The highest BCUT2D eigenvalue weighted by atomic mass is 79.9. The summed E-state index contributed by atoms with van der Waals surface area (Å²) in [4.78, 5) is 32.4. The number of benzene rings is 2. The van der Waals surface area contributed by atoms with Gasteiger partial charge in [0.2, 0.25) is 11.8 Å². The van der Waals surface area contributed by atoms with Crippen LogP contribution in [0.2, 0.25) is 0 Å². The van der Waals surface area contributed by atoms with Crippen molar-refractivity contribution >= 4 is 61.9 Å². The van der Waals surface area contributed by atoms with E-state index in [0.29, 0.717) is 23.2 Å². The fraction of sp³-hybridized carbons (Fsp3) is 0.0952. The van der Waals surface area contributed by atoms with Crippen LogP contribution >= 0.6 is 27.3 Å². The van der Waals surface area contributed by atoms with Crippen LogP contribution in [-0.4, -0.2) is 24.1 Å². The zero-order valence-electron chi connectivity index (χ0n) is 15.4. The molecule has 2 amide bonds. The molecule has 0 saturated heterocycles. The quantitative estimate of drug-likeness (QED) is 0.541. The van der Waals surface area contributed by atoms with Gasteiger partial charge in [-0.25, -0.2) is 13.8 Å². The molecule has 0 atom stereocenters. The lowest BCUT2D eigenvalue weighted by Gasteiger charge is -2.22. The molecule has 0 radical (unpaired) electrons. The monoisotopic (exact) mass is 489 g/mol. The molecule has 5 nitrogen and oxygen atoms in total. The van der Waals surface area contributed by atoms with Crippen LogP contribution in [0.1, 0.15) is 11.3 Å². The number of nitrogens with one attached hydrogen (secondary N) is 1. The van der Waals surface area contributed by atoms with Crippen LogP contribution in [0.5, 0.6) is 0 Å². The van der Waals surface area contributed by atoms with Crippen molar-refractivity contribution in [2.75, 3.05) is 16.8 Å². The molecule has 30 heavy (non-hydrogen) atoms. The summed E-state index contributed by atoms with van der Waals surface area (Å²) in [5.74, 6) is -2.55. The molecule has 1 aliphatic heterocycles. The van der Waals surface area contributed by atoms with Gasteiger partial charge in [0.1, 0.15) is 18.2 Å². The first-order chi connectivity index (χ1) is 14.4. The number of hydrogen-bond acceptors (Lipinski definition) is 4. The second-order valence-corrected chi connectivity index (χ2v) is 8.94. The third kappa shape index (κ3) is 4.31. The second-order valence-electron chi connectivity index (χ2n) is 6.48. The normalized spacial score (nSPS) is 13.5. The Morgan fingerprint density at radius 3 is 2.70 bits per heavy atom.